The van der Waals surface area contributed by atoms with E-state index in [2.05, 4.69) is 16.1 Å². The van der Waals surface area contributed by atoms with Crippen LogP contribution in [0.5, 0.6) is 0 Å². The van der Waals surface area contributed by atoms with E-state index in [9.17, 15) is 34.9 Å². The molecule has 0 saturated carbocycles. The minimum atomic E-state index is -6.67. The Bertz CT molecular complexity index is 516. The predicted octanol–water partition coefficient (Wildman–Crippen LogP) is 0.845. The lowest BCUT2D eigenvalue weighted by Gasteiger charge is -2.21. The van der Waals surface area contributed by atoms with Crippen LogP contribution in [0, 0.1) is 6.92 Å². The highest BCUT2D eigenvalue weighted by atomic mass is 32.2. The van der Waals surface area contributed by atoms with Crippen LogP contribution in [0.3, 0.4) is 0 Å². The smallest absolute Gasteiger partial charge is 0.468 e. The van der Waals surface area contributed by atoms with Gasteiger partial charge in [-0.1, -0.05) is 0 Å². The van der Waals surface area contributed by atoms with Crippen LogP contribution in [0.15, 0.2) is 12.4 Å². The van der Waals surface area contributed by atoms with Crippen LogP contribution in [-0.4, -0.2) is 29.0 Å². The van der Waals surface area contributed by atoms with Crippen LogP contribution in [-0.2, 0) is 24.2 Å². The zero-order valence-electron chi connectivity index (χ0n) is 10.1. The highest BCUT2D eigenvalue weighted by Gasteiger charge is 2.63. The summed E-state index contributed by atoms with van der Waals surface area (Å²) in [6.07, 6.45) is -2.28. The maximum atomic E-state index is 11.4. The Hall–Kier alpha value is -1.23. The topological polar surface area (TPSA) is 66.0 Å². The molecule has 1 rings (SSSR count). The fraction of sp³-hybridized carbons (Fsp3) is 0.625. The number of hydrogen-bond donors (Lipinski definition) is 0. The summed E-state index contributed by atoms with van der Waals surface area (Å²) in [5.41, 5.74) is 0. The summed E-state index contributed by atoms with van der Waals surface area (Å²) in [6, 6.07) is 0. The van der Waals surface area contributed by atoms with Gasteiger partial charge in [0.2, 0.25) is 0 Å². The second-order valence-electron chi connectivity index (χ2n) is 3.54. The summed E-state index contributed by atoms with van der Waals surface area (Å²) in [5, 5.41) is -6.21. The Balaban J connectivity index is 0.000000356. The molecule has 112 valence electrons. The molecule has 0 saturated heterocycles. The van der Waals surface area contributed by atoms with E-state index in [0.29, 0.717) is 0 Å². The van der Waals surface area contributed by atoms with Gasteiger partial charge in [0, 0.05) is 6.92 Å². The minimum Gasteiger partial charge on any atom is -0.743 e. The van der Waals surface area contributed by atoms with Gasteiger partial charge in [-0.2, -0.15) is 22.0 Å². The molecular formula is C8H11F5N2O3S. The number of aryl methyl sites for hydroxylation is 2. The first-order valence-corrected chi connectivity index (χ1v) is 6.00. The number of halogens is 5. The molecule has 0 bridgehead atoms. The molecule has 19 heavy (non-hydrogen) atoms. The Labute approximate surface area is 106 Å². The molecule has 0 fully saturated rings. The van der Waals surface area contributed by atoms with Gasteiger partial charge in [-0.05, 0) is 0 Å². The van der Waals surface area contributed by atoms with Crippen molar-refractivity contribution in [1.29, 1.82) is 0 Å². The maximum Gasteiger partial charge on any atom is 0.468 e. The van der Waals surface area contributed by atoms with Crippen molar-refractivity contribution in [2.45, 2.75) is 18.4 Å². The van der Waals surface area contributed by atoms with Crippen LogP contribution in [0.4, 0.5) is 22.0 Å². The van der Waals surface area contributed by atoms with E-state index in [-0.39, 0.29) is 0 Å². The number of nitrogens with zero attached hydrogens (tertiary/aromatic N) is 2. The quantitative estimate of drug-likeness (QED) is 0.439. The van der Waals surface area contributed by atoms with Gasteiger partial charge in [-0.25, -0.2) is 17.6 Å². The summed E-state index contributed by atoms with van der Waals surface area (Å²) in [7, 11) is -2.59. The van der Waals surface area contributed by atoms with Gasteiger partial charge >= 0.3 is 11.4 Å². The van der Waals surface area contributed by atoms with Crippen molar-refractivity contribution in [2.75, 3.05) is 0 Å². The van der Waals surface area contributed by atoms with Crippen molar-refractivity contribution in [2.24, 2.45) is 14.1 Å². The molecule has 0 aromatic carbocycles. The van der Waals surface area contributed by atoms with Crippen molar-refractivity contribution in [3.8, 4) is 0 Å². The Morgan fingerprint density at radius 3 is 1.74 bits per heavy atom. The first-order chi connectivity index (χ1) is 8.22. The molecular weight excluding hydrogens is 299 g/mol. The molecule has 5 nitrogen and oxygen atoms in total. The normalized spacial score (nSPS) is 12.9. The number of aromatic nitrogens is 2. The maximum absolute atomic E-state index is 11.4. The molecule has 0 unspecified atom stereocenters. The second-order valence-corrected chi connectivity index (χ2v) is 4.96. The molecule has 0 aliphatic heterocycles. The fourth-order valence-corrected chi connectivity index (χ4v) is 1.09. The first kappa shape index (κ1) is 17.8. The number of hydrogen-bond acceptors (Lipinski definition) is 3. The van der Waals surface area contributed by atoms with Gasteiger partial charge in [0.1, 0.15) is 12.4 Å². The van der Waals surface area contributed by atoms with Gasteiger partial charge in [-0.15, -0.1) is 0 Å². The molecule has 0 radical (unpaired) electrons. The van der Waals surface area contributed by atoms with Crippen molar-refractivity contribution < 1.29 is 39.5 Å². The van der Waals surface area contributed by atoms with E-state index in [1.54, 1.807) is 0 Å². The number of rotatable bonds is 1. The average Bonchev–Trinajstić information content (AvgIpc) is 2.47. The highest BCUT2D eigenvalue weighted by molar-refractivity contribution is 7.86. The molecule has 11 heteroatoms. The van der Waals surface area contributed by atoms with E-state index in [4.69, 9.17) is 0 Å². The van der Waals surface area contributed by atoms with Gasteiger partial charge < -0.3 is 4.55 Å². The molecule has 0 amide bonds. The number of alkyl halides is 5. The average molecular weight is 310 g/mol. The Morgan fingerprint density at radius 2 is 1.68 bits per heavy atom. The summed E-state index contributed by atoms with van der Waals surface area (Å²) in [6.45, 7) is 2.08. The van der Waals surface area contributed by atoms with E-state index in [0.717, 1.165) is 0 Å². The predicted molar refractivity (Wildman–Crippen MR) is 52.0 cm³/mol. The third-order valence-corrected chi connectivity index (χ3v) is 3.04. The molecule has 1 heterocycles. The first-order valence-electron chi connectivity index (χ1n) is 4.59. The zero-order chi connectivity index (χ0) is 15.6. The van der Waals surface area contributed by atoms with Gasteiger partial charge in [0.05, 0.1) is 14.1 Å². The van der Waals surface area contributed by atoms with E-state index in [1.807, 2.05) is 26.5 Å². The second kappa shape index (κ2) is 5.41. The Kier molecular flexibility index (Phi) is 5.06. The summed E-state index contributed by atoms with van der Waals surface area (Å²) in [5.74, 6) is 1.27. The molecule has 0 aliphatic carbocycles. The highest BCUT2D eigenvalue weighted by Crippen LogP contribution is 2.38. The van der Waals surface area contributed by atoms with E-state index >= 15 is 0 Å². The van der Waals surface area contributed by atoms with Gasteiger partial charge in [-0.3, -0.25) is 0 Å². The SMILES string of the molecule is Cc1n(C)cc[n+]1C.O=S(=O)([O-])C(F)(F)C(F)(F)F. The van der Waals surface area contributed by atoms with Crippen LogP contribution >= 0.6 is 0 Å². The van der Waals surface area contributed by atoms with Crippen LogP contribution in [0.2, 0.25) is 0 Å². The monoisotopic (exact) mass is 310 g/mol. The van der Waals surface area contributed by atoms with Crippen LogP contribution in [0.1, 0.15) is 5.82 Å². The standard InChI is InChI=1S/C6H11N2.C2HF5O3S/c1-6-7(2)4-5-8(6)3;3-1(4,5)2(6,7)11(8,9)10/h4-5H,1-3H3;(H,8,9,10)/q+1;/p-1. The summed E-state index contributed by atoms with van der Waals surface area (Å²) >= 11 is 0. The van der Waals surface area contributed by atoms with Crippen molar-refractivity contribution >= 4 is 10.1 Å². The van der Waals surface area contributed by atoms with Crippen molar-refractivity contribution in [3.05, 3.63) is 18.2 Å². The van der Waals surface area contributed by atoms with Crippen molar-refractivity contribution in [3.63, 3.8) is 0 Å². The molecule has 0 spiro atoms. The Morgan fingerprint density at radius 1 is 1.26 bits per heavy atom. The largest absolute Gasteiger partial charge is 0.743 e. The van der Waals surface area contributed by atoms with Crippen molar-refractivity contribution in [1.82, 2.24) is 4.57 Å². The summed E-state index contributed by atoms with van der Waals surface area (Å²) < 4.78 is 87.8. The molecule has 1 aromatic heterocycles. The summed E-state index contributed by atoms with van der Waals surface area (Å²) in [4.78, 5) is 0. The van der Waals surface area contributed by atoms with E-state index in [1.165, 1.54) is 5.82 Å². The van der Waals surface area contributed by atoms with E-state index < -0.39 is 21.5 Å². The van der Waals surface area contributed by atoms with Gasteiger partial charge in [0.25, 0.3) is 5.82 Å². The van der Waals surface area contributed by atoms with Crippen LogP contribution in [0.25, 0.3) is 0 Å². The lowest BCUT2D eigenvalue weighted by Crippen LogP contribution is -2.43. The molecule has 0 N–H and O–H groups in total. The minimum absolute atomic E-state index is 1.27. The molecule has 1 aromatic rings. The van der Waals surface area contributed by atoms with Crippen LogP contribution < -0.4 is 4.57 Å². The lowest BCUT2D eigenvalue weighted by atomic mass is 10.7. The number of imidazole rings is 1. The molecule has 0 atom stereocenters. The van der Waals surface area contributed by atoms with Gasteiger partial charge in [0.15, 0.2) is 10.1 Å². The third-order valence-electron chi connectivity index (χ3n) is 2.18. The lowest BCUT2D eigenvalue weighted by molar-refractivity contribution is -0.677. The molecule has 0 aliphatic rings. The zero-order valence-corrected chi connectivity index (χ0v) is 10.9. The fourth-order valence-electron chi connectivity index (χ4n) is 0.806. The third kappa shape index (κ3) is 4.13.